The zero-order chi connectivity index (χ0) is 24.3. The Kier molecular flexibility index (Phi) is 9.45. The number of benzene rings is 1. The average molecular weight is 488 g/mol. The van der Waals surface area contributed by atoms with Gasteiger partial charge in [-0.05, 0) is 29.9 Å². The van der Waals surface area contributed by atoms with Crippen LogP contribution in [0.2, 0.25) is 0 Å². The van der Waals surface area contributed by atoms with Gasteiger partial charge in [-0.2, -0.15) is 11.3 Å². The van der Waals surface area contributed by atoms with Crippen molar-refractivity contribution >= 4 is 35.2 Å². The third-order valence-electron chi connectivity index (χ3n) is 5.54. The number of amides is 3. The summed E-state index contributed by atoms with van der Waals surface area (Å²) in [4.78, 5) is 53.1. The minimum atomic E-state index is -0.999. The number of rotatable bonds is 8. The van der Waals surface area contributed by atoms with E-state index in [0.29, 0.717) is 38.2 Å². The van der Waals surface area contributed by atoms with E-state index in [4.69, 9.17) is 9.47 Å². The Balaban J connectivity index is 1.47. The Morgan fingerprint density at radius 2 is 1.76 bits per heavy atom. The number of thiophene rings is 1. The van der Waals surface area contributed by atoms with Gasteiger partial charge in [0.05, 0.1) is 12.7 Å². The topological polar surface area (TPSA) is 105 Å². The molecule has 1 aromatic carbocycles. The van der Waals surface area contributed by atoms with Crippen LogP contribution in [0.25, 0.3) is 0 Å². The van der Waals surface area contributed by atoms with Crippen LogP contribution in [0.4, 0.5) is 4.79 Å². The van der Waals surface area contributed by atoms with E-state index in [2.05, 4.69) is 5.32 Å². The standard InChI is InChI=1S/C24H29N3O6S/c1-32-23(30)20(25-24(31)33-16-18-6-3-2-4-7-18)8-9-21(28)26-11-5-12-27(14-13-26)22(29)19-10-15-34-17-19/h2-4,6-7,10,15,17,20H,5,8-9,11-14,16H2,1H3,(H,25,31)/t20-/m0/s1. The molecular weight excluding hydrogens is 458 g/mol. The van der Waals surface area contributed by atoms with E-state index < -0.39 is 18.1 Å². The summed E-state index contributed by atoms with van der Waals surface area (Å²) in [6.45, 7) is 2.04. The minimum Gasteiger partial charge on any atom is -0.467 e. The number of hydrogen-bond donors (Lipinski definition) is 1. The summed E-state index contributed by atoms with van der Waals surface area (Å²) in [6, 6.07) is 9.96. The molecule has 1 aliphatic rings. The molecule has 0 spiro atoms. The van der Waals surface area contributed by atoms with Gasteiger partial charge in [-0.15, -0.1) is 0 Å². The van der Waals surface area contributed by atoms with Crippen molar-refractivity contribution in [1.29, 1.82) is 0 Å². The molecule has 1 aliphatic heterocycles. The zero-order valence-electron chi connectivity index (χ0n) is 19.1. The smallest absolute Gasteiger partial charge is 0.408 e. The van der Waals surface area contributed by atoms with Crippen molar-refractivity contribution in [2.24, 2.45) is 0 Å². The first-order chi connectivity index (χ1) is 16.5. The van der Waals surface area contributed by atoms with Crippen molar-refractivity contribution in [3.63, 3.8) is 0 Å². The van der Waals surface area contributed by atoms with Gasteiger partial charge in [0.1, 0.15) is 12.6 Å². The number of hydrogen-bond acceptors (Lipinski definition) is 7. The molecule has 34 heavy (non-hydrogen) atoms. The van der Waals surface area contributed by atoms with Gasteiger partial charge in [-0.3, -0.25) is 9.59 Å². The summed E-state index contributed by atoms with van der Waals surface area (Å²) in [5, 5.41) is 6.17. The third kappa shape index (κ3) is 7.31. The maximum absolute atomic E-state index is 12.8. The Hall–Kier alpha value is -3.40. The van der Waals surface area contributed by atoms with Crippen molar-refractivity contribution in [1.82, 2.24) is 15.1 Å². The molecule has 1 fully saturated rings. The molecule has 0 radical (unpaired) electrons. The largest absolute Gasteiger partial charge is 0.467 e. The van der Waals surface area contributed by atoms with Gasteiger partial charge in [0.25, 0.3) is 5.91 Å². The summed E-state index contributed by atoms with van der Waals surface area (Å²) in [7, 11) is 1.22. The summed E-state index contributed by atoms with van der Waals surface area (Å²) in [5.41, 5.74) is 1.48. The second-order valence-corrected chi connectivity index (χ2v) is 8.64. The molecule has 1 saturated heterocycles. The Morgan fingerprint density at radius 1 is 1.03 bits per heavy atom. The number of ether oxygens (including phenoxy) is 2. The maximum atomic E-state index is 12.8. The summed E-state index contributed by atoms with van der Waals surface area (Å²) < 4.78 is 9.94. The number of carbonyl (C=O) groups is 4. The van der Waals surface area contributed by atoms with E-state index >= 15 is 0 Å². The highest BCUT2D eigenvalue weighted by Crippen LogP contribution is 2.13. The van der Waals surface area contributed by atoms with Gasteiger partial charge in [0, 0.05) is 38.0 Å². The number of nitrogens with one attached hydrogen (secondary N) is 1. The molecular formula is C24H29N3O6S. The number of esters is 1. The molecule has 3 amide bonds. The van der Waals surface area contributed by atoms with Crippen molar-refractivity contribution in [3.05, 3.63) is 58.3 Å². The van der Waals surface area contributed by atoms with Crippen LogP contribution in [0.1, 0.15) is 35.2 Å². The third-order valence-corrected chi connectivity index (χ3v) is 6.22. The molecule has 1 aromatic heterocycles. The van der Waals surface area contributed by atoms with E-state index in [0.717, 1.165) is 5.56 Å². The predicted molar refractivity (Wildman–Crippen MR) is 126 cm³/mol. The van der Waals surface area contributed by atoms with Crippen LogP contribution < -0.4 is 5.32 Å². The van der Waals surface area contributed by atoms with Gasteiger partial charge in [-0.1, -0.05) is 30.3 Å². The SMILES string of the molecule is COC(=O)[C@H](CCC(=O)N1CCCN(C(=O)c2ccsc2)CC1)NC(=O)OCc1ccccc1. The normalized spacial score (nSPS) is 14.6. The molecule has 0 bridgehead atoms. The highest BCUT2D eigenvalue weighted by atomic mass is 32.1. The van der Waals surface area contributed by atoms with Crippen LogP contribution in [-0.2, 0) is 25.7 Å². The van der Waals surface area contributed by atoms with E-state index in [9.17, 15) is 19.2 Å². The molecule has 2 heterocycles. The lowest BCUT2D eigenvalue weighted by atomic mass is 10.1. The first-order valence-corrected chi connectivity index (χ1v) is 12.1. The number of nitrogens with zero attached hydrogens (tertiary/aromatic N) is 2. The van der Waals surface area contributed by atoms with E-state index in [1.165, 1.54) is 18.4 Å². The first kappa shape index (κ1) is 25.2. The Labute approximate surface area is 202 Å². The van der Waals surface area contributed by atoms with E-state index in [1.54, 1.807) is 15.9 Å². The van der Waals surface area contributed by atoms with Gasteiger partial charge in [0.15, 0.2) is 0 Å². The second kappa shape index (κ2) is 12.7. The molecule has 0 aliphatic carbocycles. The lowest BCUT2D eigenvalue weighted by Crippen LogP contribution is -2.43. The van der Waals surface area contributed by atoms with Crippen molar-refractivity contribution in [3.8, 4) is 0 Å². The highest BCUT2D eigenvalue weighted by molar-refractivity contribution is 7.08. The van der Waals surface area contributed by atoms with Crippen LogP contribution in [-0.4, -0.2) is 73.0 Å². The van der Waals surface area contributed by atoms with E-state index in [-0.39, 0.29) is 31.3 Å². The van der Waals surface area contributed by atoms with Crippen LogP contribution in [0.15, 0.2) is 47.2 Å². The molecule has 9 nitrogen and oxygen atoms in total. The lowest BCUT2D eigenvalue weighted by Gasteiger charge is -2.23. The van der Waals surface area contributed by atoms with Crippen LogP contribution in [0, 0.1) is 0 Å². The van der Waals surface area contributed by atoms with Gasteiger partial charge < -0.3 is 24.6 Å². The summed E-state index contributed by atoms with van der Waals surface area (Å²) in [6.07, 6.45) is 0.0487. The number of alkyl carbamates (subject to hydrolysis) is 1. The average Bonchev–Trinajstić information content (AvgIpc) is 3.29. The quantitative estimate of drug-likeness (QED) is 0.574. The Morgan fingerprint density at radius 3 is 2.47 bits per heavy atom. The zero-order valence-corrected chi connectivity index (χ0v) is 19.9. The first-order valence-electron chi connectivity index (χ1n) is 11.1. The monoisotopic (exact) mass is 487 g/mol. The van der Waals surface area contributed by atoms with Crippen molar-refractivity contribution in [2.45, 2.75) is 31.9 Å². The van der Waals surface area contributed by atoms with Crippen LogP contribution in [0.3, 0.4) is 0 Å². The lowest BCUT2D eigenvalue weighted by molar-refractivity contribution is -0.143. The molecule has 2 aromatic rings. The predicted octanol–water partition coefficient (Wildman–Crippen LogP) is 2.67. The van der Waals surface area contributed by atoms with Crippen LogP contribution in [0.5, 0.6) is 0 Å². The van der Waals surface area contributed by atoms with Gasteiger partial charge in [0.2, 0.25) is 5.91 Å². The Bertz CT molecular complexity index is 966. The molecule has 1 N–H and O–H groups in total. The van der Waals surface area contributed by atoms with E-state index in [1.807, 2.05) is 41.1 Å². The van der Waals surface area contributed by atoms with Crippen molar-refractivity contribution in [2.75, 3.05) is 33.3 Å². The number of methoxy groups -OCH3 is 1. The molecule has 10 heteroatoms. The number of carbonyl (C=O) groups excluding carboxylic acids is 4. The molecule has 1 atom stereocenters. The van der Waals surface area contributed by atoms with Crippen molar-refractivity contribution < 1.29 is 28.7 Å². The fourth-order valence-electron chi connectivity index (χ4n) is 3.66. The molecule has 182 valence electrons. The molecule has 3 rings (SSSR count). The fourth-order valence-corrected chi connectivity index (χ4v) is 4.29. The second-order valence-electron chi connectivity index (χ2n) is 7.86. The van der Waals surface area contributed by atoms with Gasteiger partial charge in [-0.25, -0.2) is 9.59 Å². The maximum Gasteiger partial charge on any atom is 0.408 e. The summed E-state index contributed by atoms with van der Waals surface area (Å²) >= 11 is 1.47. The van der Waals surface area contributed by atoms with Gasteiger partial charge >= 0.3 is 12.1 Å². The van der Waals surface area contributed by atoms with Crippen LogP contribution >= 0.6 is 11.3 Å². The highest BCUT2D eigenvalue weighted by Gasteiger charge is 2.26. The molecule has 0 saturated carbocycles. The molecule has 0 unspecified atom stereocenters. The minimum absolute atomic E-state index is 0.0282. The summed E-state index contributed by atoms with van der Waals surface area (Å²) in [5.74, 6) is -0.814. The fraction of sp³-hybridized carbons (Fsp3) is 0.417.